The first kappa shape index (κ1) is 18.4. The van der Waals surface area contributed by atoms with Gasteiger partial charge in [0.15, 0.2) is 0 Å². The summed E-state index contributed by atoms with van der Waals surface area (Å²) in [6.07, 6.45) is 5.84. The maximum atomic E-state index is 12.4. The SMILES string of the molecule is O=C(OCc1csc(-c2ccccn2)n1)C1CCN(C(=O)c2ccoc2)CC1. The summed E-state index contributed by atoms with van der Waals surface area (Å²) in [5, 5.41) is 2.68. The van der Waals surface area contributed by atoms with Crippen LogP contribution < -0.4 is 0 Å². The first-order chi connectivity index (χ1) is 13.7. The Morgan fingerprint density at radius 2 is 2.11 bits per heavy atom. The summed E-state index contributed by atoms with van der Waals surface area (Å²) in [6, 6.07) is 7.31. The average molecular weight is 397 g/mol. The van der Waals surface area contributed by atoms with E-state index in [1.54, 1.807) is 17.2 Å². The molecule has 3 aromatic rings. The van der Waals surface area contributed by atoms with Crippen LogP contribution in [0.1, 0.15) is 28.9 Å². The van der Waals surface area contributed by atoms with Gasteiger partial charge in [-0.05, 0) is 31.0 Å². The topological polar surface area (TPSA) is 85.5 Å². The monoisotopic (exact) mass is 397 g/mol. The number of thiazole rings is 1. The number of carbonyl (C=O) groups is 2. The van der Waals surface area contributed by atoms with Gasteiger partial charge < -0.3 is 14.1 Å². The van der Waals surface area contributed by atoms with Gasteiger partial charge in [-0.25, -0.2) is 4.98 Å². The fourth-order valence-electron chi connectivity index (χ4n) is 3.13. The van der Waals surface area contributed by atoms with Gasteiger partial charge in [-0.15, -0.1) is 11.3 Å². The van der Waals surface area contributed by atoms with Gasteiger partial charge in [0.2, 0.25) is 0 Å². The van der Waals surface area contributed by atoms with Crippen molar-refractivity contribution in [3.63, 3.8) is 0 Å². The summed E-state index contributed by atoms with van der Waals surface area (Å²) in [4.78, 5) is 35.2. The fraction of sp³-hybridized carbons (Fsp3) is 0.300. The van der Waals surface area contributed by atoms with Crippen molar-refractivity contribution in [2.45, 2.75) is 19.4 Å². The highest BCUT2D eigenvalue weighted by Gasteiger charge is 2.29. The summed E-state index contributed by atoms with van der Waals surface area (Å²) >= 11 is 1.48. The van der Waals surface area contributed by atoms with E-state index in [4.69, 9.17) is 9.15 Å². The molecule has 3 aromatic heterocycles. The van der Waals surface area contributed by atoms with Crippen molar-refractivity contribution in [3.8, 4) is 10.7 Å². The summed E-state index contributed by atoms with van der Waals surface area (Å²) in [5.41, 5.74) is 2.06. The molecule has 4 rings (SSSR count). The van der Waals surface area contributed by atoms with Crippen LogP contribution in [-0.2, 0) is 16.1 Å². The zero-order valence-corrected chi connectivity index (χ0v) is 15.9. The number of pyridine rings is 1. The zero-order valence-electron chi connectivity index (χ0n) is 15.1. The molecule has 0 atom stereocenters. The Bertz CT molecular complexity index is 932. The standard InChI is InChI=1S/C20H19N3O4S/c24-19(15-6-10-26-11-15)23-8-4-14(5-9-23)20(25)27-12-16-13-28-18(22-16)17-3-1-2-7-21-17/h1-3,6-7,10-11,13-14H,4-5,8-9,12H2. The van der Waals surface area contributed by atoms with Gasteiger partial charge in [-0.2, -0.15) is 0 Å². The van der Waals surface area contributed by atoms with Crippen LogP contribution in [0, 0.1) is 5.92 Å². The van der Waals surface area contributed by atoms with E-state index in [-0.39, 0.29) is 24.4 Å². The second-order valence-corrected chi connectivity index (χ2v) is 7.40. The lowest BCUT2D eigenvalue weighted by Gasteiger charge is -2.30. The molecule has 4 heterocycles. The third-order valence-corrected chi connectivity index (χ3v) is 5.60. The van der Waals surface area contributed by atoms with Crippen LogP contribution in [0.3, 0.4) is 0 Å². The number of nitrogens with zero attached hydrogens (tertiary/aromatic N) is 3. The maximum absolute atomic E-state index is 12.4. The zero-order chi connectivity index (χ0) is 19.3. The van der Waals surface area contributed by atoms with Gasteiger partial charge in [0.05, 0.1) is 29.1 Å². The van der Waals surface area contributed by atoms with Crippen molar-refractivity contribution in [2.24, 2.45) is 5.92 Å². The van der Waals surface area contributed by atoms with Crippen molar-refractivity contribution in [2.75, 3.05) is 13.1 Å². The number of ether oxygens (including phenoxy) is 1. The Hall–Kier alpha value is -3.00. The normalized spacial score (nSPS) is 14.8. The Kier molecular flexibility index (Phi) is 5.48. The number of esters is 1. The number of piperidine rings is 1. The van der Waals surface area contributed by atoms with Crippen molar-refractivity contribution in [1.82, 2.24) is 14.9 Å². The van der Waals surface area contributed by atoms with Crippen molar-refractivity contribution < 1.29 is 18.7 Å². The van der Waals surface area contributed by atoms with E-state index >= 15 is 0 Å². The molecule has 0 saturated carbocycles. The van der Waals surface area contributed by atoms with Crippen LogP contribution in [-0.4, -0.2) is 39.8 Å². The number of rotatable bonds is 5. The van der Waals surface area contributed by atoms with Crippen LogP contribution in [0.2, 0.25) is 0 Å². The van der Waals surface area contributed by atoms with Crippen molar-refractivity contribution in [1.29, 1.82) is 0 Å². The van der Waals surface area contributed by atoms with Gasteiger partial charge in [-0.1, -0.05) is 6.07 Å². The lowest BCUT2D eigenvalue weighted by molar-refractivity contribution is -0.151. The quantitative estimate of drug-likeness (QED) is 0.614. The van der Waals surface area contributed by atoms with E-state index in [9.17, 15) is 9.59 Å². The minimum absolute atomic E-state index is 0.0647. The average Bonchev–Trinajstić information content (AvgIpc) is 3.44. The largest absolute Gasteiger partial charge is 0.472 e. The maximum Gasteiger partial charge on any atom is 0.309 e. The highest BCUT2D eigenvalue weighted by atomic mass is 32.1. The number of carbonyl (C=O) groups excluding carboxylic acids is 2. The fourth-order valence-corrected chi connectivity index (χ4v) is 3.91. The summed E-state index contributed by atoms with van der Waals surface area (Å²) < 4.78 is 10.4. The second-order valence-electron chi connectivity index (χ2n) is 6.55. The van der Waals surface area contributed by atoms with E-state index in [0.717, 1.165) is 10.7 Å². The second kappa shape index (κ2) is 8.35. The Morgan fingerprint density at radius 3 is 2.82 bits per heavy atom. The molecular formula is C20H19N3O4S. The van der Waals surface area contributed by atoms with E-state index in [2.05, 4.69) is 9.97 Å². The molecule has 1 amide bonds. The smallest absolute Gasteiger partial charge is 0.309 e. The predicted octanol–water partition coefficient (Wildman–Crippen LogP) is 3.39. The Balaban J connectivity index is 1.26. The number of furan rings is 1. The molecule has 0 spiro atoms. The van der Waals surface area contributed by atoms with Crippen LogP contribution in [0.15, 0.2) is 52.8 Å². The molecule has 1 aliphatic heterocycles. The number of likely N-dealkylation sites (tertiary alicyclic amines) is 1. The van der Waals surface area contributed by atoms with Gasteiger partial charge in [0.1, 0.15) is 17.9 Å². The number of hydrogen-bond donors (Lipinski definition) is 0. The molecule has 0 radical (unpaired) electrons. The van der Waals surface area contributed by atoms with E-state index in [0.29, 0.717) is 37.2 Å². The van der Waals surface area contributed by atoms with E-state index in [1.165, 1.54) is 23.9 Å². The molecule has 7 nitrogen and oxygen atoms in total. The molecular weight excluding hydrogens is 378 g/mol. The number of amides is 1. The summed E-state index contributed by atoms with van der Waals surface area (Å²) in [6.45, 7) is 1.21. The van der Waals surface area contributed by atoms with E-state index < -0.39 is 0 Å². The van der Waals surface area contributed by atoms with Crippen LogP contribution in [0.4, 0.5) is 0 Å². The summed E-state index contributed by atoms with van der Waals surface area (Å²) in [5.74, 6) is -0.491. The first-order valence-corrected chi connectivity index (χ1v) is 9.92. The van der Waals surface area contributed by atoms with Gasteiger partial charge in [0.25, 0.3) is 5.91 Å². The molecule has 1 fully saturated rings. The lowest BCUT2D eigenvalue weighted by atomic mass is 9.96. The Labute approximate surface area is 166 Å². The molecule has 1 aliphatic rings. The van der Waals surface area contributed by atoms with Gasteiger partial charge in [-0.3, -0.25) is 14.6 Å². The van der Waals surface area contributed by atoms with Gasteiger partial charge >= 0.3 is 5.97 Å². The molecule has 0 aliphatic carbocycles. The molecule has 1 saturated heterocycles. The third kappa shape index (κ3) is 4.12. The molecule has 0 aromatic carbocycles. The number of hydrogen-bond acceptors (Lipinski definition) is 7. The minimum Gasteiger partial charge on any atom is -0.472 e. The van der Waals surface area contributed by atoms with Crippen LogP contribution in [0.25, 0.3) is 10.7 Å². The molecule has 0 bridgehead atoms. The highest BCUT2D eigenvalue weighted by Crippen LogP contribution is 2.23. The summed E-state index contributed by atoms with van der Waals surface area (Å²) in [7, 11) is 0. The van der Waals surface area contributed by atoms with Gasteiger partial charge in [0, 0.05) is 24.7 Å². The molecule has 0 N–H and O–H groups in total. The first-order valence-electron chi connectivity index (χ1n) is 9.04. The van der Waals surface area contributed by atoms with Crippen LogP contribution >= 0.6 is 11.3 Å². The molecule has 0 unspecified atom stereocenters. The highest BCUT2D eigenvalue weighted by molar-refractivity contribution is 7.13. The Morgan fingerprint density at radius 1 is 1.25 bits per heavy atom. The minimum atomic E-state index is -0.234. The van der Waals surface area contributed by atoms with Crippen LogP contribution in [0.5, 0.6) is 0 Å². The molecule has 28 heavy (non-hydrogen) atoms. The lowest BCUT2D eigenvalue weighted by Crippen LogP contribution is -2.40. The molecule has 144 valence electrons. The van der Waals surface area contributed by atoms with Crippen molar-refractivity contribution in [3.05, 3.63) is 59.6 Å². The third-order valence-electron chi connectivity index (χ3n) is 4.68. The number of aromatic nitrogens is 2. The predicted molar refractivity (Wildman–Crippen MR) is 102 cm³/mol. The molecule has 8 heteroatoms. The van der Waals surface area contributed by atoms with Crippen molar-refractivity contribution >= 4 is 23.2 Å². The van der Waals surface area contributed by atoms with E-state index in [1.807, 2.05) is 23.6 Å².